The normalized spacial score (nSPS) is 12.4. The minimum absolute atomic E-state index is 0.0186. The van der Waals surface area contributed by atoms with Gasteiger partial charge >= 0.3 is 0 Å². The average Bonchev–Trinajstić information content (AvgIpc) is 2.33. The van der Waals surface area contributed by atoms with E-state index in [1.807, 2.05) is 36.4 Å². The molecule has 0 aliphatic rings. The van der Waals surface area contributed by atoms with E-state index in [1.165, 1.54) is 0 Å². The van der Waals surface area contributed by atoms with Gasteiger partial charge in [0.2, 0.25) is 0 Å². The Kier molecular flexibility index (Phi) is 3.33. The molecule has 0 aliphatic heterocycles. The van der Waals surface area contributed by atoms with Gasteiger partial charge in [0.15, 0.2) is 6.10 Å². The van der Waals surface area contributed by atoms with E-state index in [2.05, 4.69) is 15.9 Å². The number of hydrogen-bond donors (Lipinski definition) is 2. The average molecular weight is 293 g/mol. The number of nitrogens with one attached hydrogen (secondary N) is 1. The molecule has 17 heavy (non-hydrogen) atoms. The van der Waals surface area contributed by atoms with Crippen LogP contribution in [-0.4, -0.2) is 11.9 Å². The third-order valence-electron chi connectivity index (χ3n) is 2.57. The van der Waals surface area contributed by atoms with Crippen molar-refractivity contribution in [2.45, 2.75) is 13.0 Å². The van der Waals surface area contributed by atoms with Crippen molar-refractivity contribution in [2.24, 2.45) is 5.73 Å². The quantitative estimate of drug-likeness (QED) is 0.673. The van der Waals surface area contributed by atoms with Crippen LogP contribution in [0.2, 0.25) is 0 Å². The Morgan fingerprint density at radius 3 is 2.71 bits per heavy atom. The van der Waals surface area contributed by atoms with Crippen LogP contribution < -0.4 is 10.5 Å². The van der Waals surface area contributed by atoms with Gasteiger partial charge in [-0.15, -0.1) is 0 Å². The Morgan fingerprint density at radius 2 is 2.00 bits per heavy atom. The van der Waals surface area contributed by atoms with Crippen LogP contribution in [0.4, 0.5) is 0 Å². The summed E-state index contributed by atoms with van der Waals surface area (Å²) in [5.74, 6) is 0.719. The van der Waals surface area contributed by atoms with Crippen molar-refractivity contribution in [3.05, 3.63) is 40.9 Å². The van der Waals surface area contributed by atoms with Gasteiger partial charge in [0.25, 0.3) is 0 Å². The zero-order valence-electron chi connectivity index (χ0n) is 9.41. The maximum absolute atomic E-state index is 7.32. The fraction of sp³-hybridized carbons (Fsp3) is 0.154. The Bertz CT molecular complexity index is 568. The SMILES string of the molecule is CC(Oc1ccc2ccccc2c1Br)C(=N)N. The number of halogens is 1. The third kappa shape index (κ3) is 2.42. The fourth-order valence-electron chi connectivity index (χ4n) is 1.56. The van der Waals surface area contributed by atoms with Gasteiger partial charge in [-0.1, -0.05) is 30.3 Å². The Balaban J connectivity index is 2.42. The van der Waals surface area contributed by atoms with E-state index in [-0.39, 0.29) is 5.84 Å². The number of hydrogen-bond acceptors (Lipinski definition) is 2. The number of benzene rings is 2. The number of nitrogens with two attached hydrogens (primary N) is 1. The Hall–Kier alpha value is -1.55. The van der Waals surface area contributed by atoms with Crippen molar-refractivity contribution in [3.63, 3.8) is 0 Å². The molecule has 0 saturated carbocycles. The highest BCUT2D eigenvalue weighted by molar-refractivity contribution is 9.10. The van der Waals surface area contributed by atoms with E-state index < -0.39 is 6.10 Å². The molecule has 0 saturated heterocycles. The van der Waals surface area contributed by atoms with Gasteiger partial charge in [0.05, 0.1) is 4.47 Å². The second-order valence-corrected chi connectivity index (χ2v) is 4.61. The van der Waals surface area contributed by atoms with Crippen molar-refractivity contribution in [2.75, 3.05) is 0 Å². The highest BCUT2D eigenvalue weighted by Crippen LogP contribution is 2.33. The van der Waals surface area contributed by atoms with Crippen LogP contribution in [0.25, 0.3) is 10.8 Å². The fourth-order valence-corrected chi connectivity index (χ4v) is 2.15. The van der Waals surface area contributed by atoms with Crippen LogP contribution in [0.3, 0.4) is 0 Å². The molecule has 3 N–H and O–H groups in total. The van der Waals surface area contributed by atoms with Gasteiger partial charge in [-0.25, -0.2) is 0 Å². The largest absolute Gasteiger partial charge is 0.482 e. The van der Waals surface area contributed by atoms with E-state index in [1.54, 1.807) is 6.92 Å². The number of fused-ring (bicyclic) bond motifs is 1. The van der Waals surface area contributed by atoms with E-state index in [0.717, 1.165) is 15.2 Å². The molecule has 0 radical (unpaired) electrons. The minimum Gasteiger partial charge on any atom is -0.482 e. The lowest BCUT2D eigenvalue weighted by Crippen LogP contribution is -2.30. The molecule has 4 heteroatoms. The third-order valence-corrected chi connectivity index (χ3v) is 3.39. The van der Waals surface area contributed by atoms with Gasteiger partial charge in [-0.2, -0.15) is 0 Å². The number of amidine groups is 1. The summed E-state index contributed by atoms with van der Waals surface area (Å²) in [6, 6.07) is 11.9. The molecule has 0 bridgehead atoms. The molecule has 88 valence electrons. The Morgan fingerprint density at radius 1 is 1.29 bits per heavy atom. The maximum atomic E-state index is 7.32. The molecule has 1 atom stereocenters. The topological polar surface area (TPSA) is 59.1 Å². The second kappa shape index (κ2) is 4.75. The summed E-state index contributed by atoms with van der Waals surface area (Å²) in [6.45, 7) is 1.75. The first-order chi connectivity index (χ1) is 8.09. The van der Waals surface area contributed by atoms with Crippen molar-refractivity contribution in [1.82, 2.24) is 0 Å². The lowest BCUT2D eigenvalue weighted by Gasteiger charge is -2.15. The van der Waals surface area contributed by atoms with Crippen LogP contribution in [0.1, 0.15) is 6.92 Å². The van der Waals surface area contributed by atoms with Gasteiger partial charge in [0.1, 0.15) is 11.6 Å². The molecule has 0 aromatic heterocycles. The summed E-state index contributed by atoms with van der Waals surface area (Å²) in [5, 5.41) is 9.55. The highest BCUT2D eigenvalue weighted by Gasteiger charge is 2.11. The van der Waals surface area contributed by atoms with Crippen LogP contribution in [-0.2, 0) is 0 Å². The smallest absolute Gasteiger partial charge is 0.152 e. The molecule has 0 heterocycles. The van der Waals surface area contributed by atoms with Gasteiger partial charge in [-0.3, -0.25) is 5.41 Å². The molecule has 0 fully saturated rings. The molecular weight excluding hydrogens is 280 g/mol. The minimum atomic E-state index is -0.424. The van der Waals surface area contributed by atoms with Crippen molar-refractivity contribution >= 4 is 32.5 Å². The first-order valence-corrected chi connectivity index (χ1v) is 6.06. The van der Waals surface area contributed by atoms with Crippen LogP contribution in [0.15, 0.2) is 40.9 Å². The summed E-state index contributed by atoms with van der Waals surface area (Å²) < 4.78 is 6.51. The van der Waals surface area contributed by atoms with E-state index in [9.17, 15) is 0 Å². The van der Waals surface area contributed by atoms with E-state index >= 15 is 0 Å². The molecule has 0 amide bonds. The molecular formula is C13H13BrN2O. The first kappa shape index (κ1) is 11.9. The van der Waals surface area contributed by atoms with E-state index in [4.69, 9.17) is 15.9 Å². The number of ether oxygens (including phenoxy) is 1. The predicted molar refractivity (Wildman–Crippen MR) is 73.7 cm³/mol. The molecule has 0 aliphatic carbocycles. The molecule has 0 spiro atoms. The highest BCUT2D eigenvalue weighted by atomic mass is 79.9. The summed E-state index contributed by atoms with van der Waals surface area (Å²) >= 11 is 3.52. The number of rotatable bonds is 3. The molecule has 1 unspecified atom stereocenters. The lowest BCUT2D eigenvalue weighted by molar-refractivity contribution is 0.283. The van der Waals surface area contributed by atoms with Crippen LogP contribution >= 0.6 is 15.9 Å². The summed E-state index contributed by atoms with van der Waals surface area (Å²) in [6.07, 6.45) is -0.424. The maximum Gasteiger partial charge on any atom is 0.152 e. The van der Waals surface area contributed by atoms with Crippen LogP contribution in [0.5, 0.6) is 5.75 Å². The first-order valence-electron chi connectivity index (χ1n) is 5.27. The summed E-state index contributed by atoms with van der Waals surface area (Å²) in [5.41, 5.74) is 5.39. The summed E-state index contributed by atoms with van der Waals surface area (Å²) in [7, 11) is 0. The second-order valence-electron chi connectivity index (χ2n) is 3.81. The van der Waals surface area contributed by atoms with Crippen molar-refractivity contribution in [3.8, 4) is 5.75 Å². The molecule has 2 rings (SSSR count). The van der Waals surface area contributed by atoms with Gasteiger partial charge in [0, 0.05) is 0 Å². The molecule has 2 aromatic rings. The van der Waals surface area contributed by atoms with Crippen LogP contribution in [0, 0.1) is 5.41 Å². The Labute approximate surface area is 108 Å². The summed E-state index contributed by atoms with van der Waals surface area (Å²) in [4.78, 5) is 0. The van der Waals surface area contributed by atoms with Gasteiger partial charge < -0.3 is 10.5 Å². The van der Waals surface area contributed by atoms with Crippen molar-refractivity contribution in [1.29, 1.82) is 5.41 Å². The predicted octanol–water partition coefficient (Wildman–Crippen LogP) is 3.31. The van der Waals surface area contributed by atoms with Crippen molar-refractivity contribution < 1.29 is 4.74 Å². The van der Waals surface area contributed by atoms with E-state index in [0.29, 0.717) is 5.75 Å². The lowest BCUT2D eigenvalue weighted by atomic mass is 10.1. The zero-order chi connectivity index (χ0) is 12.4. The van der Waals surface area contributed by atoms with Gasteiger partial charge in [-0.05, 0) is 39.7 Å². The standard InChI is InChI=1S/C13H13BrN2O/c1-8(13(15)16)17-11-7-6-9-4-2-3-5-10(9)12(11)14/h2-8H,1H3,(H3,15,16). The monoisotopic (exact) mass is 292 g/mol. The molecule has 2 aromatic carbocycles. The molecule has 3 nitrogen and oxygen atoms in total. The zero-order valence-corrected chi connectivity index (χ0v) is 11.0.